The first-order chi connectivity index (χ1) is 19.4. The number of ether oxygens (including phenoxy) is 2. The Kier molecular flexibility index (Phi) is 8.42. The number of halogens is 1. The molecule has 1 fully saturated rings. The summed E-state index contributed by atoms with van der Waals surface area (Å²) < 4.78 is 10.7. The Balaban J connectivity index is 1.32. The van der Waals surface area contributed by atoms with E-state index in [1.165, 1.54) is 5.56 Å². The Labute approximate surface area is 238 Å². The van der Waals surface area contributed by atoms with Crippen molar-refractivity contribution in [1.82, 2.24) is 10.2 Å². The number of methoxy groups -OCH3 is 2. The number of nitrogens with one attached hydrogen (secondary N) is 1. The number of hydrogen-bond acceptors (Lipinski definition) is 7. The lowest BCUT2D eigenvalue weighted by atomic mass is 9.83. The molecule has 0 spiro atoms. The van der Waals surface area contributed by atoms with Crippen LogP contribution in [0.4, 0.5) is 11.4 Å². The maximum atomic E-state index is 13.6. The molecule has 2 unspecified atom stereocenters. The molecule has 2 aliphatic rings. The Morgan fingerprint density at radius 2 is 1.77 bits per heavy atom. The van der Waals surface area contributed by atoms with Crippen LogP contribution in [0.15, 0.2) is 60.7 Å². The van der Waals surface area contributed by atoms with E-state index < -0.39 is 0 Å². The van der Waals surface area contributed by atoms with Crippen molar-refractivity contribution < 1.29 is 19.2 Å². The second-order valence-electron chi connectivity index (χ2n) is 10.2. The van der Waals surface area contributed by atoms with Crippen molar-refractivity contribution in [3.63, 3.8) is 0 Å². The number of nitro groups is 1. The molecule has 0 aliphatic carbocycles. The maximum absolute atomic E-state index is 13.6. The number of carbonyl (C=O) groups excluding carboxylic acids is 1. The summed E-state index contributed by atoms with van der Waals surface area (Å²) in [5.74, 6) is 0.926. The minimum Gasteiger partial charge on any atom is -0.493 e. The first-order valence-electron chi connectivity index (χ1n) is 13.4. The lowest BCUT2D eigenvalue weighted by Gasteiger charge is -2.49. The molecule has 210 valence electrons. The average Bonchev–Trinajstić information content (AvgIpc) is 2.97. The number of amides is 1. The molecule has 1 saturated heterocycles. The minimum absolute atomic E-state index is 0.0408. The van der Waals surface area contributed by atoms with Crippen molar-refractivity contribution in [3.05, 3.63) is 92.5 Å². The van der Waals surface area contributed by atoms with Gasteiger partial charge in [0.1, 0.15) is 0 Å². The predicted octanol–water partition coefficient (Wildman–Crippen LogP) is 4.49. The fraction of sp³-hybridized carbons (Fsp3) is 0.367. The molecule has 0 radical (unpaired) electrons. The summed E-state index contributed by atoms with van der Waals surface area (Å²) in [4.78, 5) is 29.4. The standard InChI is InChI=1S/C30H33ClN4O5/c1-39-28-10-5-20(15-29(28)40-2)11-12-32-30(36)25-17-22-16-24(35(37)38)8-9-26(22)34-14-13-33(19-27(25)34)18-21-3-6-23(31)7-4-21/h3-10,15-16,25,27H,11-14,17-19H2,1-2H3,(H,32,36). The fourth-order valence-corrected chi connectivity index (χ4v) is 5.90. The largest absolute Gasteiger partial charge is 0.493 e. The Hall–Kier alpha value is -3.82. The van der Waals surface area contributed by atoms with E-state index in [4.69, 9.17) is 21.1 Å². The Bertz CT molecular complexity index is 1380. The van der Waals surface area contributed by atoms with Crippen molar-refractivity contribution >= 4 is 28.9 Å². The monoisotopic (exact) mass is 564 g/mol. The molecule has 0 bridgehead atoms. The molecule has 2 aliphatic heterocycles. The minimum atomic E-state index is -0.380. The zero-order chi connectivity index (χ0) is 28.2. The molecule has 0 saturated carbocycles. The quantitative estimate of drug-likeness (QED) is 0.302. The molecule has 2 atom stereocenters. The first-order valence-corrected chi connectivity index (χ1v) is 13.7. The maximum Gasteiger partial charge on any atom is 0.269 e. The fourth-order valence-electron chi connectivity index (χ4n) is 5.77. The number of piperazine rings is 1. The average molecular weight is 565 g/mol. The van der Waals surface area contributed by atoms with Gasteiger partial charge in [-0.25, -0.2) is 0 Å². The van der Waals surface area contributed by atoms with E-state index in [0.717, 1.165) is 36.4 Å². The van der Waals surface area contributed by atoms with Crippen LogP contribution in [-0.2, 0) is 24.2 Å². The number of non-ortho nitro benzene ring substituents is 1. The van der Waals surface area contributed by atoms with Crippen LogP contribution < -0.4 is 19.7 Å². The van der Waals surface area contributed by atoms with Gasteiger partial charge in [0.05, 0.1) is 31.1 Å². The van der Waals surface area contributed by atoms with Gasteiger partial charge in [-0.05, 0) is 59.9 Å². The zero-order valence-corrected chi connectivity index (χ0v) is 23.4. The van der Waals surface area contributed by atoms with E-state index >= 15 is 0 Å². The molecule has 5 rings (SSSR count). The van der Waals surface area contributed by atoms with Gasteiger partial charge in [0.2, 0.25) is 5.91 Å². The van der Waals surface area contributed by atoms with Gasteiger partial charge in [-0.15, -0.1) is 0 Å². The van der Waals surface area contributed by atoms with Gasteiger partial charge in [0.15, 0.2) is 11.5 Å². The number of nitrogens with zero attached hydrogens (tertiary/aromatic N) is 3. The summed E-state index contributed by atoms with van der Waals surface area (Å²) in [6.07, 6.45) is 1.09. The summed E-state index contributed by atoms with van der Waals surface area (Å²) in [6.45, 7) is 3.50. The molecule has 0 aromatic heterocycles. The molecule has 2 heterocycles. The third-order valence-corrected chi connectivity index (χ3v) is 8.06. The van der Waals surface area contributed by atoms with Gasteiger partial charge >= 0.3 is 0 Å². The number of benzene rings is 3. The molecular weight excluding hydrogens is 532 g/mol. The summed E-state index contributed by atoms with van der Waals surface area (Å²) in [5.41, 5.74) is 4.07. The van der Waals surface area contributed by atoms with Crippen LogP contribution >= 0.6 is 11.6 Å². The number of anilines is 1. The van der Waals surface area contributed by atoms with Crippen LogP contribution in [-0.4, -0.2) is 62.2 Å². The molecule has 40 heavy (non-hydrogen) atoms. The van der Waals surface area contributed by atoms with Gasteiger partial charge in [0.25, 0.3) is 5.69 Å². The first kappa shape index (κ1) is 27.7. The smallest absolute Gasteiger partial charge is 0.269 e. The molecule has 1 amide bonds. The molecule has 1 N–H and O–H groups in total. The van der Waals surface area contributed by atoms with Crippen LogP contribution in [0, 0.1) is 16.0 Å². The number of hydrogen-bond donors (Lipinski definition) is 1. The van der Waals surface area contributed by atoms with Crippen molar-refractivity contribution in [3.8, 4) is 11.5 Å². The highest BCUT2D eigenvalue weighted by Gasteiger charge is 2.41. The molecule has 10 heteroatoms. The van der Waals surface area contributed by atoms with Crippen LogP contribution in [0.25, 0.3) is 0 Å². The van der Waals surface area contributed by atoms with Gasteiger partial charge in [-0.2, -0.15) is 0 Å². The number of rotatable bonds is 9. The molecular formula is C30H33ClN4O5. The summed E-state index contributed by atoms with van der Waals surface area (Å²) >= 11 is 6.07. The van der Waals surface area contributed by atoms with E-state index in [1.807, 2.05) is 48.5 Å². The highest BCUT2D eigenvalue weighted by Crippen LogP contribution is 2.38. The lowest BCUT2D eigenvalue weighted by Crippen LogP contribution is -2.61. The normalized spacial score (nSPS) is 18.4. The van der Waals surface area contributed by atoms with Crippen molar-refractivity contribution in [2.45, 2.75) is 25.4 Å². The second-order valence-corrected chi connectivity index (χ2v) is 10.7. The van der Waals surface area contributed by atoms with Crippen LogP contribution in [0.5, 0.6) is 11.5 Å². The Morgan fingerprint density at radius 3 is 2.50 bits per heavy atom. The zero-order valence-electron chi connectivity index (χ0n) is 22.6. The predicted molar refractivity (Wildman–Crippen MR) is 154 cm³/mol. The van der Waals surface area contributed by atoms with E-state index in [0.29, 0.717) is 42.5 Å². The third kappa shape index (κ3) is 6.00. The van der Waals surface area contributed by atoms with Gasteiger partial charge in [-0.3, -0.25) is 19.8 Å². The number of nitro benzene ring substituents is 1. The summed E-state index contributed by atoms with van der Waals surface area (Å²) in [7, 11) is 3.20. The van der Waals surface area contributed by atoms with Crippen LogP contribution in [0.2, 0.25) is 5.02 Å². The topological polar surface area (TPSA) is 97.2 Å². The number of fused-ring (bicyclic) bond motifs is 3. The van der Waals surface area contributed by atoms with Crippen molar-refractivity contribution in [2.24, 2.45) is 5.92 Å². The second kappa shape index (κ2) is 12.1. The number of carbonyl (C=O) groups is 1. The van der Waals surface area contributed by atoms with Crippen LogP contribution in [0.3, 0.4) is 0 Å². The van der Waals surface area contributed by atoms with Crippen molar-refractivity contribution in [2.75, 3.05) is 45.3 Å². The molecule has 3 aromatic carbocycles. The van der Waals surface area contributed by atoms with E-state index in [9.17, 15) is 14.9 Å². The third-order valence-electron chi connectivity index (χ3n) is 7.81. The van der Waals surface area contributed by atoms with E-state index in [-0.39, 0.29) is 28.5 Å². The highest BCUT2D eigenvalue weighted by molar-refractivity contribution is 6.30. The van der Waals surface area contributed by atoms with E-state index in [1.54, 1.807) is 26.4 Å². The van der Waals surface area contributed by atoms with Gasteiger partial charge in [0, 0.05) is 55.6 Å². The SMILES string of the molecule is COc1ccc(CCNC(=O)C2Cc3cc([N+](=O)[O-])ccc3N3CCN(Cc4ccc(Cl)cc4)CC23)cc1OC. The van der Waals surface area contributed by atoms with Gasteiger partial charge in [-0.1, -0.05) is 29.8 Å². The lowest BCUT2D eigenvalue weighted by molar-refractivity contribution is -0.384. The summed E-state index contributed by atoms with van der Waals surface area (Å²) in [6, 6.07) is 18.5. The van der Waals surface area contributed by atoms with Crippen molar-refractivity contribution in [1.29, 1.82) is 0 Å². The molecule has 9 nitrogen and oxygen atoms in total. The van der Waals surface area contributed by atoms with Gasteiger partial charge < -0.3 is 19.7 Å². The molecule has 3 aromatic rings. The van der Waals surface area contributed by atoms with E-state index in [2.05, 4.69) is 15.1 Å². The van der Waals surface area contributed by atoms with Crippen LogP contribution in [0.1, 0.15) is 16.7 Å². The summed E-state index contributed by atoms with van der Waals surface area (Å²) in [5, 5.41) is 15.3. The Morgan fingerprint density at radius 1 is 1.02 bits per heavy atom. The highest BCUT2D eigenvalue weighted by atomic mass is 35.5.